The number of amides is 2. The van der Waals surface area contributed by atoms with Crippen molar-refractivity contribution in [1.82, 2.24) is 20.0 Å². The first-order valence-electron chi connectivity index (χ1n) is 10.6. The Kier molecular flexibility index (Phi) is 6.46. The van der Waals surface area contributed by atoms with Gasteiger partial charge in [-0.05, 0) is 37.1 Å². The molecule has 0 atom stereocenters. The van der Waals surface area contributed by atoms with Gasteiger partial charge in [0.25, 0.3) is 11.1 Å². The summed E-state index contributed by atoms with van der Waals surface area (Å²) in [7, 11) is 0. The van der Waals surface area contributed by atoms with Gasteiger partial charge in [0, 0.05) is 24.8 Å². The van der Waals surface area contributed by atoms with E-state index < -0.39 is 11.1 Å². The van der Waals surface area contributed by atoms with Crippen molar-refractivity contribution in [3.63, 3.8) is 0 Å². The van der Waals surface area contributed by atoms with Crippen molar-refractivity contribution in [2.24, 2.45) is 0 Å². The average Bonchev–Trinajstić information content (AvgIpc) is 2.79. The molecule has 1 saturated heterocycles. The average molecular weight is 435 g/mol. The highest BCUT2D eigenvalue weighted by atomic mass is 16.2. The smallest absolute Gasteiger partial charge is 0.273 e. The predicted molar refractivity (Wildman–Crippen MR) is 122 cm³/mol. The molecule has 2 amide bonds. The van der Waals surface area contributed by atoms with Crippen molar-refractivity contribution >= 4 is 28.3 Å². The van der Waals surface area contributed by atoms with Gasteiger partial charge in [-0.3, -0.25) is 29.2 Å². The van der Waals surface area contributed by atoms with Gasteiger partial charge in [-0.25, -0.2) is 4.68 Å². The Hall–Kier alpha value is -3.72. The van der Waals surface area contributed by atoms with E-state index in [1.165, 1.54) is 0 Å². The summed E-state index contributed by atoms with van der Waals surface area (Å²) < 4.78 is 1.04. The first-order valence-corrected chi connectivity index (χ1v) is 10.6. The maximum absolute atomic E-state index is 12.6. The fourth-order valence-electron chi connectivity index (χ4n) is 3.94. The minimum atomic E-state index is -0.408. The van der Waals surface area contributed by atoms with Crippen LogP contribution in [0.5, 0.6) is 0 Å². The van der Waals surface area contributed by atoms with Gasteiger partial charge in [0.15, 0.2) is 0 Å². The van der Waals surface area contributed by atoms with Crippen LogP contribution in [0.3, 0.4) is 0 Å². The highest BCUT2D eigenvalue weighted by molar-refractivity contribution is 5.92. The van der Waals surface area contributed by atoms with Crippen molar-refractivity contribution in [3.8, 4) is 0 Å². The summed E-state index contributed by atoms with van der Waals surface area (Å²) in [5, 5.41) is 8.86. The van der Waals surface area contributed by atoms with Crippen LogP contribution in [-0.2, 0) is 16.1 Å². The number of hydrogen-bond donors (Lipinski definition) is 3. The fourth-order valence-corrected chi connectivity index (χ4v) is 3.94. The zero-order valence-electron chi connectivity index (χ0n) is 17.5. The second-order valence-corrected chi connectivity index (χ2v) is 7.91. The number of benzene rings is 2. The molecule has 1 aliphatic heterocycles. The van der Waals surface area contributed by atoms with Crippen LogP contribution in [0.2, 0.25) is 0 Å². The van der Waals surface area contributed by atoms with Crippen molar-refractivity contribution in [1.29, 1.82) is 0 Å². The third-order valence-corrected chi connectivity index (χ3v) is 5.56. The largest absolute Gasteiger partial charge is 0.352 e. The molecule has 1 aliphatic rings. The Balaban J connectivity index is 1.27. The Morgan fingerprint density at radius 2 is 1.53 bits per heavy atom. The zero-order valence-corrected chi connectivity index (χ0v) is 17.5. The van der Waals surface area contributed by atoms with Crippen LogP contribution < -0.4 is 21.8 Å². The molecule has 3 aromatic rings. The number of hydrogen-bond acceptors (Lipinski definition) is 5. The zero-order chi connectivity index (χ0) is 22.5. The van der Waals surface area contributed by atoms with E-state index in [1.807, 2.05) is 35.2 Å². The summed E-state index contributed by atoms with van der Waals surface area (Å²) in [5.41, 5.74) is -0.0497. The maximum Gasteiger partial charge on any atom is 0.273 e. The van der Waals surface area contributed by atoms with Gasteiger partial charge < -0.3 is 10.6 Å². The molecular weight excluding hydrogens is 410 g/mol. The van der Waals surface area contributed by atoms with E-state index in [1.54, 1.807) is 24.3 Å². The van der Waals surface area contributed by atoms with Crippen LogP contribution in [0.25, 0.3) is 10.8 Å². The predicted octanol–water partition coefficient (Wildman–Crippen LogP) is 0.909. The lowest BCUT2D eigenvalue weighted by Gasteiger charge is -2.31. The lowest BCUT2D eigenvalue weighted by molar-refractivity contribution is -0.123. The molecular formula is C23H25N5O4. The molecule has 1 aromatic heterocycles. The second kappa shape index (κ2) is 9.61. The first-order chi connectivity index (χ1) is 15.5. The van der Waals surface area contributed by atoms with E-state index in [0.29, 0.717) is 37.9 Å². The van der Waals surface area contributed by atoms with Gasteiger partial charge >= 0.3 is 0 Å². The lowest BCUT2D eigenvalue weighted by atomic mass is 10.0. The van der Waals surface area contributed by atoms with E-state index in [4.69, 9.17) is 0 Å². The van der Waals surface area contributed by atoms with Crippen LogP contribution in [0.1, 0.15) is 12.8 Å². The number of likely N-dealkylation sites (tertiary alicyclic amines) is 1. The summed E-state index contributed by atoms with van der Waals surface area (Å²) in [5.74, 6) is -0.406. The summed E-state index contributed by atoms with van der Waals surface area (Å²) in [6.45, 7) is 1.40. The van der Waals surface area contributed by atoms with Crippen LogP contribution in [-0.4, -0.2) is 52.2 Å². The maximum atomic E-state index is 12.6. The number of rotatable bonds is 6. The third-order valence-electron chi connectivity index (χ3n) is 5.56. The fraction of sp³-hybridized carbons (Fsp3) is 0.304. The number of aromatic nitrogens is 2. The van der Waals surface area contributed by atoms with Crippen LogP contribution in [0, 0.1) is 0 Å². The normalized spacial score (nSPS) is 14.9. The molecule has 9 nitrogen and oxygen atoms in total. The number of para-hydroxylation sites is 1. The Bertz CT molecular complexity index is 1230. The molecule has 2 heterocycles. The van der Waals surface area contributed by atoms with Crippen LogP contribution >= 0.6 is 0 Å². The molecule has 4 rings (SSSR count). The second-order valence-electron chi connectivity index (χ2n) is 7.91. The van der Waals surface area contributed by atoms with Crippen molar-refractivity contribution in [2.45, 2.75) is 25.4 Å². The summed E-state index contributed by atoms with van der Waals surface area (Å²) >= 11 is 0. The summed E-state index contributed by atoms with van der Waals surface area (Å²) in [4.78, 5) is 51.5. The van der Waals surface area contributed by atoms with Crippen molar-refractivity contribution in [2.75, 3.05) is 25.0 Å². The topological polar surface area (TPSA) is 116 Å². The summed E-state index contributed by atoms with van der Waals surface area (Å²) in [6, 6.07) is 15.8. The monoisotopic (exact) mass is 435 g/mol. The minimum Gasteiger partial charge on any atom is -0.352 e. The molecule has 2 aromatic carbocycles. The first kappa shape index (κ1) is 21.5. The van der Waals surface area contributed by atoms with Crippen LogP contribution in [0.4, 0.5) is 5.69 Å². The number of anilines is 1. The molecule has 0 aliphatic carbocycles. The number of H-pyrrole nitrogens is 1. The molecule has 0 saturated carbocycles. The van der Waals surface area contributed by atoms with Crippen LogP contribution in [0.15, 0.2) is 64.2 Å². The molecule has 166 valence electrons. The van der Waals surface area contributed by atoms with Gasteiger partial charge in [-0.15, -0.1) is 0 Å². The van der Waals surface area contributed by atoms with Gasteiger partial charge in [0.2, 0.25) is 11.8 Å². The number of carbonyl (C=O) groups excluding carboxylic acids is 2. The molecule has 1 fully saturated rings. The molecule has 9 heteroatoms. The standard InChI is InChI=1S/C23H25N5O4/c29-20(24-16-6-2-1-3-7-16)14-27-12-10-17(11-13-27)25-21(30)15-28-23(32)19-9-5-4-8-18(19)22(31)26-28/h1-9,17H,10-15H2,(H,24,29)(H,25,30)(H,26,31). The molecule has 3 N–H and O–H groups in total. The Morgan fingerprint density at radius 1 is 0.875 bits per heavy atom. The highest BCUT2D eigenvalue weighted by Gasteiger charge is 2.22. The van der Waals surface area contributed by atoms with Crippen molar-refractivity contribution < 1.29 is 9.59 Å². The Labute approximate surface area is 184 Å². The highest BCUT2D eigenvalue weighted by Crippen LogP contribution is 2.11. The van der Waals surface area contributed by atoms with Gasteiger partial charge in [-0.1, -0.05) is 30.3 Å². The molecule has 32 heavy (non-hydrogen) atoms. The van der Waals surface area contributed by atoms with E-state index >= 15 is 0 Å². The third kappa shape index (κ3) is 5.12. The number of nitrogens with zero attached hydrogens (tertiary/aromatic N) is 2. The number of piperidine rings is 1. The van der Waals surface area contributed by atoms with E-state index in [-0.39, 0.29) is 29.8 Å². The van der Waals surface area contributed by atoms with Crippen molar-refractivity contribution in [3.05, 3.63) is 75.3 Å². The van der Waals surface area contributed by atoms with E-state index in [0.717, 1.165) is 10.4 Å². The number of carbonyl (C=O) groups is 2. The van der Waals surface area contributed by atoms with Gasteiger partial charge in [0.1, 0.15) is 6.54 Å². The molecule has 0 spiro atoms. The Morgan fingerprint density at radius 3 is 2.25 bits per heavy atom. The van der Waals surface area contributed by atoms with E-state index in [9.17, 15) is 19.2 Å². The van der Waals surface area contributed by atoms with E-state index in [2.05, 4.69) is 15.7 Å². The molecule has 0 radical (unpaired) electrons. The summed E-state index contributed by atoms with van der Waals surface area (Å²) in [6.07, 6.45) is 1.40. The quantitative estimate of drug-likeness (QED) is 0.532. The van der Waals surface area contributed by atoms with Gasteiger partial charge in [-0.2, -0.15) is 0 Å². The lowest BCUT2D eigenvalue weighted by Crippen LogP contribution is -2.48. The molecule has 0 unspecified atom stereocenters. The number of nitrogens with one attached hydrogen (secondary N) is 3. The van der Waals surface area contributed by atoms with Gasteiger partial charge in [0.05, 0.1) is 17.3 Å². The minimum absolute atomic E-state index is 0.0428. The number of fused-ring (bicyclic) bond motifs is 1. The molecule has 0 bridgehead atoms. The SMILES string of the molecule is O=C(CN1CCC(NC(=O)Cn2[nH]c(=O)c3ccccc3c2=O)CC1)Nc1ccccc1. The number of aromatic amines is 1.